The van der Waals surface area contributed by atoms with Crippen molar-refractivity contribution in [3.8, 4) is 0 Å². The first-order valence-electron chi connectivity index (χ1n) is 6.57. The van der Waals surface area contributed by atoms with Crippen molar-refractivity contribution in [2.45, 2.75) is 23.3 Å². The third kappa shape index (κ3) is 4.60. The highest BCUT2D eigenvalue weighted by atomic mass is 35.5. The Morgan fingerprint density at radius 1 is 1.32 bits per heavy atom. The predicted octanol–water partition coefficient (Wildman–Crippen LogP) is 1.43. The highest BCUT2D eigenvalue weighted by Crippen LogP contribution is 2.20. The number of sulfonamides is 1. The first kappa shape index (κ1) is 19.2. The summed E-state index contributed by atoms with van der Waals surface area (Å²) in [6.45, 7) is 1.23. The fourth-order valence-electron chi connectivity index (χ4n) is 2.47. The van der Waals surface area contributed by atoms with E-state index < -0.39 is 32.1 Å². The van der Waals surface area contributed by atoms with Gasteiger partial charge in [-0.1, -0.05) is 0 Å². The molecule has 9 heteroatoms. The van der Waals surface area contributed by atoms with Crippen LogP contribution in [0.25, 0.3) is 0 Å². The smallest absolute Gasteiger partial charge is 0.240 e. The zero-order valence-electron chi connectivity index (χ0n) is 12.1. The Labute approximate surface area is 134 Å². The Morgan fingerprint density at radius 3 is 2.45 bits per heavy atom. The van der Waals surface area contributed by atoms with Crippen LogP contribution in [0.2, 0.25) is 0 Å². The van der Waals surface area contributed by atoms with Gasteiger partial charge in [-0.3, -0.25) is 0 Å². The normalized spacial score (nSPS) is 21.6. The molecule has 1 aliphatic rings. The molecule has 5 nitrogen and oxygen atoms in total. The van der Waals surface area contributed by atoms with Gasteiger partial charge in [0.15, 0.2) is 0 Å². The lowest BCUT2D eigenvalue weighted by atomic mass is 9.99. The summed E-state index contributed by atoms with van der Waals surface area (Å²) in [5.41, 5.74) is -0.478. The van der Waals surface area contributed by atoms with E-state index in [4.69, 9.17) is 4.74 Å². The van der Waals surface area contributed by atoms with E-state index in [1.54, 1.807) is 0 Å². The number of methoxy groups -OCH3 is 1. The molecule has 0 aromatic heterocycles. The molecule has 22 heavy (non-hydrogen) atoms. The summed E-state index contributed by atoms with van der Waals surface area (Å²) < 4.78 is 58.0. The molecule has 1 fully saturated rings. The highest BCUT2D eigenvalue weighted by Gasteiger charge is 2.34. The number of nitrogens with one attached hydrogen (secondary N) is 2. The van der Waals surface area contributed by atoms with Gasteiger partial charge in [-0.25, -0.2) is 21.9 Å². The topological polar surface area (TPSA) is 67.4 Å². The van der Waals surface area contributed by atoms with Gasteiger partial charge in [0.1, 0.15) is 11.6 Å². The van der Waals surface area contributed by atoms with Crippen LogP contribution < -0.4 is 10.0 Å². The number of benzene rings is 1. The standard InChI is InChI=1S/C13H18F2N2O3S.ClH/c1-20-9-13(3-2-4-16-13)8-17-21(18,19)12-6-10(14)5-11(15)7-12;/h5-7,16-17H,2-4,8-9H2,1H3;1H. The molecule has 0 radical (unpaired) electrons. The molecule has 1 aliphatic heterocycles. The highest BCUT2D eigenvalue weighted by molar-refractivity contribution is 7.89. The quantitative estimate of drug-likeness (QED) is 0.809. The summed E-state index contributed by atoms with van der Waals surface area (Å²) >= 11 is 0. The van der Waals surface area contributed by atoms with E-state index in [2.05, 4.69) is 10.0 Å². The Bertz CT molecular complexity index is 587. The molecule has 1 unspecified atom stereocenters. The molecule has 0 bridgehead atoms. The second-order valence-corrected chi connectivity index (χ2v) is 6.94. The summed E-state index contributed by atoms with van der Waals surface area (Å²) in [6.07, 6.45) is 1.68. The molecule has 0 saturated carbocycles. The first-order valence-corrected chi connectivity index (χ1v) is 8.05. The molecule has 126 valence electrons. The Balaban J connectivity index is 0.00000242. The van der Waals surface area contributed by atoms with Gasteiger partial charge >= 0.3 is 0 Å². The van der Waals surface area contributed by atoms with Crippen molar-refractivity contribution in [1.82, 2.24) is 10.0 Å². The fourth-order valence-corrected chi connectivity index (χ4v) is 3.64. The molecule has 1 saturated heterocycles. The molecule has 0 spiro atoms. The van der Waals surface area contributed by atoms with Crippen LogP contribution in [0.1, 0.15) is 12.8 Å². The summed E-state index contributed by atoms with van der Waals surface area (Å²) in [7, 11) is -2.43. The van der Waals surface area contributed by atoms with Crippen LogP contribution in [0.15, 0.2) is 23.1 Å². The maximum Gasteiger partial charge on any atom is 0.240 e. The summed E-state index contributed by atoms with van der Waals surface area (Å²) in [5, 5.41) is 3.22. The molecule has 2 N–H and O–H groups in total. The lowest BCUT2D eigenvalue weighted by Crippen LogP contribution is -2.52. The van der Waals surface area contributed by atoms with Crippen molar-refractivity contribution in [1.29, 1.82) is 0 Å². The molecular formula is C13H19ClF2N2O3S. The second kappa shape index (κ2) is 7.65. The van der Waals surface area contributed by atoms with E-state index in [-0.39, 0.29) is 19.0 Å². The lowest BCUT2D eigenvalue weighted by Gasteiger charge is -2.28. The number of hydrogen-bond acceptors (Lipinski definition) is 4. The van der Waals surface area contributed by atoms with Gasteiger partial charge in [0.2, 0.25) is 10.0 Å². The van der Waals surface area contributed by atoms with Crippen LogP contribution in [0.3, 0.4) is 0 Å². The maximum absolute atomic E-state index is 13.1. The minimum Gasteiger partial charge on any atom is -0.383 e. The van der Waals surface area contributed by atoms with E-state index in [1.807, 2.05) is 0 Å². The van der Waals surface area contributed by atoms with Crippen LogP contribution in [0.4, 0.5) is 8.78 Å². The van der Waals surface area contributed by atoms with Crippen molar-refractivity contribution in [2.24, 2.45) is 0 Å². The maximum atomic E-state index is 13.1. The van der Waals surface area contributed by atoms with Crippen LogP contribution in [0, 0.1) is 11.6 Å². The average Bonchev–Trinajstić information content (AvgIpc) is 2.85. The molecule has 0 amide bonds. The van der Waals surface area contributed by atoms with Crippen molar-refractivity contribution < 1.29 is 21.9 Å². The largest absolute Gasteiger partial charge is 0.383 e. The van der Waals surface area contributed by atoms with Gasteiger partial charge in [0.05, 0.1) is 17.0 Å². The van der Waals surface area contributed by atoms with E-state index in [9.17, 15) is 17.2 Å². The molecule has 1 aromatic rings. The van der Waals surface area contributed by atoms with Crippen molar-refractivity contribution in [2.75, 3.05) is 26.8 Å². The SMILES string of the molecule is COCC1(CNS(=O)(=O)c2cc(F)cc(F)c2)CCCN1.Cl. The van der Waals surface area contributed by atoms with E-state index in [0.29, 0.717) is 12.7 Å². The monoisotopic (exact) mass is 356 g/mol. The minimum atomic E-state index is -3.97. The summed E-state index contributed by atoms with van der Waals surface area (Å²) in [6, 6.07) is 2.21. The first-order chi connectivity index (χ1) is 9.87. The summed E-state index contributed by atoms with van der Waals surface area (Å²) in [4.78, 5) is -0.425. The lowest BCUT2D eigenvalue weighted by molar-refractivity contribution is 0.122. The van der Waals surface area contributed by atoms with Gasteiger partial charge < -0.3 is 10.1 Å². The van der Waals surface area contributed by atoms with Gasteiger partial charge in [-0.2, -0.15) is 0 Å². The zero-order chi connectivity index (χ0) is 15.5. The molecule has 1 atom stereocenters. The number of ether oxygens (including phenoxy) is 1. The number of hydrogen-bond donors (Lipinski definition) is 2. The third-order valence-electron chi connectivity index (χ3n) is 3.50. The molecule has 2 rings (SSSR count). The van der Waals surface area contributed by atoms with Crippen molar-refractivity contribution >= 4 is 22.4 Å². The second-order valence-electron chi connectivity index (χ2n) is 5.17. The minimum absolute atomic E-state index is 0. The Kier molecular flexibility index (Phi) is 6.69. The Hall–Kier alpha value is -0.800. The molecular weight excluding hydrogens is 338 g/mol. The van der Waals surface area contributed by atoms with Crippen LogP contribution in [-0.2, 0) is 14.8 Å². The number of rotatable bonds is 6. The van der Waals surface area contributed by atoms with E-state index in [1.165, 1.54) is 7.11 Å². The number of halogens is 3. The predicted molar refractivity (Wildman–Crippen MR) is 80.6 cm³/mol. The molecule has 1 heterocycles. The van der Waals surface area contributed by atoms with Gasteiger partial charge in [0.25, 0.3) is 0 Å². The van der Waals surface area contributed by atoms with Gasteiger partial charge in [-0.05, 0) is 31.5 Å². The van der Waals surface area contributed by atoms with Crippen LogP contribution >= 0.6 is 12.4 Å². The fraction of sp³-hybridized carbons (Fsp3) is 0.538. The van der Waals surface area contributed by atoms with Crippen LogP contribution in [0.5, 0.6) is 0 Å². The van der Waals surface area contributed by atoms with E-state index >= 15 is 0 Å². The van der Waals surface area contributed by atoms with Crippen molar-refractivity contribution in [3.63, 3.8) is 0 Å². The van der Waals surface area contributed by atoms with Crippen LogP contribution in [-0.4, -0.2) is 40.8 Å². The average molecular weight is 357 g/mol. The Morgan fingerprint density at radius 2 is 1.95 bits per heavy atom. The van der Waals surface area contributed by atoms with Gasteiger partial charge in [0, 0.05) is 19.7 Å². The van der Waals surface area contributed by atoms with E-state index in [0.717, 1.165) is 31.5 Å². The van der Waals surface area contributed by atoms with Gasteiger partial charge in [-0.15, -0.1) is 12.4 Å². The zero-order valence-corrected chi connectivity index (χ0v) is 13.7. The van der Waals surface area contributed by atoms with Crippen molar-refractivity contribution in [3.05, 3.63) is 29.8 Å². The molecule has 0 aliphatic carbocycles. The summed E-state index contributed by atoms with van der Waals surface area (Å²) in [5.74, 6) is -1.86. The molecule has 1 aromatic carbocycles. The third-order valence-corrected chi connectivity index (χ3v) is 4.88.